The van der Waals surface area contributed by atoms with Crippen LogP contribution in [0.25, 0.3) is 0 Å². The Kier molecular flexibility index (Phi) is 4.19. The molecule has 2 N–H and O–H groups in total. The van der Waals surface area contributed by atoms with Crippen LogP contribution in [0.2, 0.25) is 0 Å². The summed E-state index contributed by atoms with van der Waals surface area (Å²) in [6, 6.07) is 7.85. The summed E-state index contributed by atoms with van der Waals surface area (Å²) >= 11 is 4.97. The number of hydrogen-bond donors (Lipinski definition) is 2. The van der Waals surface area contributed by atoms with Gasteiger partial charge in [-0.3, -0.25) is 0 Å². The van der Waals surface area contributed by atoms with Gasteiger partial charge in [0.05, 0.1) is 7.11 Å². The Morgan fingerprint density at radius 2 is 2.14 bits per heavy atom. The van der Waals surface area contributed by atoms with Crippen molar-refractivity contribution in [2.75, 3.05) is 14.2 Å². The highest BCUT2D eigenvalue weighted by Crippen LogP contribution is 2.16. The molecule has 0 atom stereocenters. The predicted molar refractivity (Wildman–Crippen MR) is 61.5 cm³/mol. The molecule has 3 nitrogen and oxygen atoms in total. The van der Waals surface area contributed by atoms with E-state index in [0.29, 0.717) is 11.7 Å². The molecule has 0 amide bonds. The van der Waals surface area contributed by atoms with Gasteiger partial charge in [-0.25, -0.2) is 0 Å². The van der Waals surface area contributed by atoms with Crippen molar-refractivity contribution in [1.29, 1.82) is 0 Å². The van der Waals surface area contributed by atoms with E-state index in [-0.39, 0.29) is 0 Å². The molecule has 14 heavy (non-hydrogen) atoms. The minimum Gasteiger partial charge on any atom is -0.496 e. The maximum Gasteiger partial charge on any atom is 0.166 e. The Bertz CT molecular complexity index is 315. The molecule has 0 heterocycles. The van der Waals surface area contributed by atoms with Crippen LogP contribution < -0.4 is 15.4 Å². The van der Waals surface area contributed by atoms with Crippen molar-refractivity contribution in [3.05, 3.63) is 29.8 Å². The van der Waals surface area contributed by atoms with Gasteiger partial charge >= 0.3 is 0 Å². The van der Waals surface area contributed by atoms with E-state index >= 15 is 0 Å². The Labute approximate surface area is 89.5 Å². The lowest BCUT2D eigenvalue weighted by atomic mass is 10.2. The van der Waals surface area contributed by atoms with Crippen LogP contribution in [0.1, 0.15) is 5.56 Å². The lowest BCUT2D eigenvalue weighted by molar-refractivity contribution is 0.409. The van der Waals surface area contributed by atoms with Gasteiger partial charge in [-0.1, -0.05) is 18.2 Å². The second-order valence-corrected chi connectivity index (χ2v) is 3.15. The lowest BCUT2D eigenvalue weighted by Crippen LogP contribution is -2.31. The normalized spacial score (nSPS) is 9.29. The number of benzene rings is 1. The molecular formula is C10H14N2OS. The summed E-state index contributed by atoms with van der Waals surface area (Å²) in [6.45, 7) is 0.670. The van der Waals surface area contributed by atoms with Crippen LogP contribution in [0.4, 0.5) is 0 Å². The van der Waals surface area contributed by atoms with E-state index in [0.717, 1.165) is 11.3 Å². The molecule has 0 fully saturated rings. The summed E-state index contributed by atoms with van der Waals surface area (Å²) in [5, 5.41) is 6.55. The summed E-state index contributed by atoms with van der Waals surface area (Å²) in [7, 11) is 3.45. The minimum absolute atomic E-state index is 0.635. The summed E-state index contributed by atoms with van der Waals surface area (Å²) in [6.07, 6.45) is 0. The zero-order valence-corrected chi connectivity index (χ0v) is 9.15. The van der Waals surface area contributed by atoms with Crippen LogP contribution in [-0.4, -0.2) is 19.3 Å². The number of thiocarbonyl (C=S) groups is 1. The van der Waals surface area contributed by atoms with Gasteiger partial charge in [0.1, 0.15) is 5.75 Å². The Morgan fingerprint density at radius 1 is 1.43 bits per heavy atom. The largest absolute Gasteiger partial charge is 0.496 e. The molecule has 1 aromatic carbocycles. The second kappa shape index (κ2) is 5.44. The summed E-state index contributed by atoms with van der Waals surface area (Å²) in [4.78, 5) is 0. The second-order valence-electron chi connectivity index (χ2n) is 2.74. The number of nitrogens with one attached hydrogen (secondary N) is 2. The van der Waals surface area contributed by atoms with Gasteiger partial charge in [-0.15, -0.1) is 0 Å². The van der Waals surface area contributed by atoms with Gasteiger partial charge in [-0.05, 0) is 18.3 Å². The first-order valence-electron chi connectivity index (χ1n) is 4.35. The highest BCUT2D eigenvalue weighted by molar-refractivity contribution is 7.80. The molecular weight excluding hydrogens is 196 g/mol. The van der Waals surface area contributed by atoms with Gasteiger partial charge in [-0.2, -0.15) is 0 Å². The molecule has 76 valence electrons. The molecule has 0 aromatic heterocycles. The molecule has 0 radical (unpaired) electrons. The number of para-hydroxylation sites is 1. The van der Waals surface area contributed by atoms with E-state index in [2.05, 4.69) is 10.6 Å². The van der Waals surface area contributed by atoms with Crippen LogP contribution in [-0.2, 0) is 6.54 Å². The number of ether oxygens (including phenoxy) is 1. The van der Waals surface area contributed by atoms with Crippen molar-refractivity contribution >= 4 is 17.3 Å². The van der Waals surface area contributed by atoms with Crippen molar-refractivity contribution in [1.82, 2.24) is 10.6 Å². The fraction of sp³-hybridized carbons (Fsp3) is 0.300. The third-order valence-electron chi connectivity index (χ3n) is 1.86. The highest BCUT2D eigenvalue weighted by atomic mass is 32.1. The summed E-state index contributed by atoms with van der Waals surface area (Å²) < 4.78 is 5.21. The Morgan fingerprint density at radius 3 is 2.79 bits per heavy atom. The first-order valence-corrected chi connectivity index (χ1v) is 4.76. The SMILES string of the molecule is CNC(=S)NCc1ccccc1OC. The van der Waals surface area contributed by atoms with E-state index in [1.54, 1.807) is 14.2 Å². The van der Waals surface area contributed by atoms with Gasteiger partial charge in [0.2, 0.25) is 0 Å². The average Bonchev–Trinajstić information content (AvgIpc) is 2.26. The summed E-state index contributed by atoms with van der Waals surface area (Å²) in [5.74, 6) is 0.874. The Hall–Kier alpha value is -1.29. The standard InChI is InChI=1S/C10H14N2OS/c1-11-10(14)12-7-8-5-3-4-6-9(8)13-2/h3-6H,7H2,1-2H3,(H2,11,12,14). The van der Waals surface area contributed by atoms with Crippen LogP contribution in [0.5, 0.6) is 5.75 Å². The molecule has 0 unspecified atom stereocenters. The van der Waals surface area contributed by atoms with Crippen molar-refractivity contribution in [2.45, 2.75) is 6.54 Å². The maximum absolute atomic E-state index is 5.21. The zero-order chi connectivity index (χ0) is 10.4. The van der Waals surface area contributed by atoms with Gasteiger partial charge in [0, 0.05) is 19.2 Å². The smallest absolute Gasteiger partial charge is 0.166 e. The molecule has 0 bridgehead atoms. The molecule has 0 spiro atoms. The molecule has 1 aromatic rings. The zero-order valence-electron chi connectivity index (χ0n) is 8.33. The Balaban J connectivity index is 2.61. The monoisotopic (exact) mass is 210 g/mol. The first-order chi connectivity index (χ1) is 6.77. The summed E-state index contributed by atoms with van der Waals surface area (Å²) in [5.41, 5.74) is 1.09. The van der Waals surface area contributed by atoms with Gasteiger partial charge in [0.25, 0.3) is 0 Å². The molecule has 0 saturated heterocycles. The van der Waals surface area contributed by atoms with Crippen molar-refractivity contribution in [3.8, 4) is 5.75 Å². The van der Waals surface area contributed by atoms with Crippen LogP contribution in [0, 0.1) is 0 Å². The third-order valence-corrected chi connectivity index (χ3v) is 2.21. The quantitative estimate of drug-likeness (QED) is 0.737. The van der Waals surface area contributed by atoms with E-state index in [1.165, 1.54) is 0 Å². The predicted octanol–water partition coefficient (Wildman–Crippen LogP) is 1.29. The van der Waals surface area contributed by atoms with Gasteiger partial charge < -0.3 is 15.4 Å². The van der Waals surface area contributed by atoms with Gasteiger partial charge in [0.15, 0.2) is 5.11 Å². The van der Waals surface area contributed by atoms with E-state index in [1.807, 2.05) is 24.3 Å². The lowest BCUT2D eigenvalue weighted by Gasteiger charge is -2.10. The van der Waals surface area contributed by atoms with E-state index in [4.69, 9.17) is 17.0 Å². The fourth-order valence-corrected chi connectivity index (χ4v) is 1.19. The minimum atomic E-state index is 0.635. The highest BCUT2D eigenvalue weighted by Gasteiger charge is 2.00. The first kappa shape index (κ1) is 10.8. The van der Waals surface area contributed by atoms with Crippen molar-refractivity contribution < 1.29 is 4.74 Å². The number of hydrogen-bond acceptors (Lipinski definition) is 2. The van der Waals surface area contributed by atoms with E-state index in [9.17, 15) is 0 Å². The third kappa shape index (κ3) is 2.88. The molecule has 0 aliphatic heterocycles. The molecule has 1 rings (SSSR count). The molecule has 0 saturated carbocycles. The number of rotatable bonds is 3. The van der Waals surface area contributed by atoms with Crippen molar-refractivity contribution in [3.63, 3.8) is 0 Å². The number of methoxy groups -OCH3 is 1. The van der Waals surface area contributed by atoms with Crippen LogP contribution >= 0.6 is 12.2 Å². The topological polar surface area (TPSA) is 33.3 Å². The maximum atomic E-state index is 5.21. The van der Waals surface area contributed by atoms with Crippen LogP contribution in [0.3, 0.4) is 0 Å². The average molecular weight is 210 g/mol. The molecule has 0 aliphatic carbocycles. The van der Waals surface area contributed by atoms with E-state index < -0.39 is 0 Å². The van der Waals surface area contributed by atoms with Crippen molar-refractivity contribution in [2.24, 2.45) is 0 Å². The molecule has 4 heteroatoms. The molecule has 0 aliphatic rings. The van der Waals surface area contributed by atoms with Crippen LogP contribution in [0.15, 0.2) is 24.3 Å². The fourth-order valence-electron chi connectivity index (χ4n) is 1.11.